The summed E-state index contributed by atoms with van der Waals surface area (Å²) in [5, 5.41) is 0.537. The van der Waals surface area contributed by atoms with Crippen LogP contribution in [-0.4, -0.2) is 16.8 Å². The molecule has 1 aromatic heterocycles. The number of nitrogens with zero attached hydrogens (tertiary/aromatic N) is 1. The molecule has 0 aromatic carbocycles. The number of carbonyl (C=O) groups excluding carboxylic acids is 1. The summed E-state index contributed by atoms with van der Waals surface area (Å²) in [5.41, 5.74) is 6.95. The molecule has 1 atom stereocenters. The Hall–Kier alpha value is -0.930. The van der Waals surface area contributed by atoms with E-state index in [0.29, 0.717) is 17.9 Å². The Balaban J connectivity index is 2.50. The lowest BCUT2D eigenvalue weighted by atomic mass is 9.86. The summed E-state index contributed by atoms with van der Waals surface area (Å²) in [4.78, 5) is 15.8. The van der Waals surface area contributed by atoms with E-state index in [9.17, 15) is 4.79 Å². The van der Waals surface area contributed by atoms with Crippen molar-refractivity contribution in [3.05, 3.63) is 29.0 Å². The van der Waals surface area contributed by atoms with Crippen LogP contribution in [0.25, 0.3) is 0 Å². The number of pyridine rings is 1. The van der Waals surface area contributed by atoms with Gasteiger partial charge in [0.25, 0.3) is 0 Å². The molecule has 18 heavy (non-hydrogen) atoms. The lowest BCUT2D eigenvalue weighted by Crippen LogP contribution is -2.29. The van der Waals surface area contributed by atoms with Gasteiger partial charge in [0.1, 0.15) is 5.78 Å². The van der Waals surface area contributed by atoms with Crippen molar-refractivity contribution < 1.29 is 4.79 Å². The second-order valence-corrected chi connectivity index (χ2v) is 6.32. The molecule has 0 amide bonds. The molecule has 0 saturated heterocycles. The van der Waals surface area contributed by atoms with Gasteiger partial charge in [0.05, 0.1) is 5.02 Å². The minimum absolute atomic E-state index is 0.0851. The number of rotatable bonds is 5. The fourth-order valence-electron chi connectivity index (χ4n) is 1.98. The second kappa shape index (κ2) is 6.30. The smallest absolute Gasteiger partial charge is 0.138 e. The molecule has 2 N–H and O–H groups in total. The van der Waals surface area contributed by atoms with Crippen LogP contribution in [0.1, 0.15) is 39.2 Å². The van der Waals surface area contributed by atoms with Crippen molar-refractivity contribution in [2.24, 2.45) is 11.1 Å². The fourth-order valence-corrected chi connectivity index (χ4v) is 2.17. The van der Waals surface area contributed by atoms with Crippen LogP contribution in [-0.2, 0) is 11.2 Å². The predicted octanol–water partition coefficient (Wildman–Crippen LogP) is 3.00. The highest BCUT2D eigenvalue weighted by Crippen LogP contribution is 2.22. The Morgan fingerprint density at radius 1 is 1.50 bits per heavy atom. The Morgan fingerprint density at radius 3 is 2.72 bits per heavy atom. The lowest BCUT2D eigenvalue weighted by molar-refractivity contribution is -0.118. The fraction of sp³-hybridized carbons (Fsp3) is 0.571. The normalized spacial score (nSPS) is 13.4. The zero-order valence-electron chi connectivity index (χ0n) is 11.2. The van der Waals surface area contributed by atoms with E-state index < -0.39 is 0 Å². The SMILES string of the molecule is CC(C)(C)CC(N)CC(=O)Cc1ccncc1Cl. The summed E-state index contributed by atoms with van der Waals surface area (Å²) in [6.07, 6.45) is 4.76. The summed E-state index contributed by atoms with van der Waals surface area (Å²) >= 11 is 5.97. The lowest BCUT2D eigenvalue weighted by Gasteiger charge is -2.22. The van der Waals surface area contributed by atoms with E-state index in [4.69, 9.17) is 17.3 Å². The Bertz CT molecular complexity index is 413. The van der Waals surface area contributed by atoms with Crippen molar-refractivity contribution in [2.45, 2.75) is 46.1 Å². The number of aromatic nitrogens is 1. The molecule has 1 unspecified atom stereocenters. The number of nitrogens with two attached hydrogens (primary N) is 1. The topological polar surface area (TPSA) is 56.0 Å². The molecule has 0 radical (unpaired) electrons. The molecule has 0 saturated carbocycles. The molecule has 0 bridgehead atoms. The van der Waals surface area contributed by atoms with Crippen molar-refractivity contribution in [3.8, 4) is 0 Å². The Kier molecular flexibility index (Phi) is 5.29. The van der Waals surface area contributed by atoms with Gasteiger partial charge < -0.3 is 5.73 Å². The first-order chi connectivity index (χ1) is 8.28. The van der Waals surface area contributed by atoms with Gasteiger partial charge in [0, 0.05) is 31.3 Å². The summed E-state index contributed by atoms with van der Waals surface area (Å²) in [7, 11) is 0. The van der Waals surface area contributed by atoms with Gasteiger partial charge in [-0.05, 0) is 23.5 Å². The maximum atomic E-state index is 11.9. The molecule has 0 aliphatic carbocycles. The zero-order valence-corrected chi connectivity index (χ0v) is 12.0. The second-order valence-electron chi connectivity index (χ2n) is 5.91. The van der Waals surface area contributed by atoms with Gasteiger partial charge >= 0.3 is 0 Å². The maximum Gasteiger partial charge on any atom is 0.138 e. The number of hydrogen-bond donors (Lipinski definition) is 1. The minimum atomic E-state index is -0.0851. The Labute approximate surface area is 114 Å². The van der Waals surface area contributed by atoms with Crippen LogP contribution < -0.4 is 5.73 Å². The molecule has 0 aliphatic rings. The number of hydrogen-bond acceptors (Lipinski definition) is 3. The first-order valence-corrected chi connectivity index (χ1v) is 6.51. The highest BCUT2D eigenvalue weighted by Gasteiger charge is 2.18. The quantitative estimate of drug-likeness (QED) is 0.893. The van der Waals surface area contributed by atoms with E-state index in [1.165, 1.54) is 0 Å². The van der Waals surface area contributed by atoms with Crippen LogP contribution in [0.3, 0.4) is 0 Å². The monoisotopic (exact) mass is 268 g/mol. The third kappa shape index (κ3) is 5.61. The first-order valence-electron chi connectivity index (χ1n) is 6.13. The third-order valence-electron chi connectivity index (χ3n) is 2.61. The van der Waals surface area contributed by atoms with E-state index in [-0.39, 0.29) is 17.2 Å². The van der Waals surface area contributed by atoms with Gasteiger partial charge in [-0.2, -0.15) is 0 Å². The molecule has 0 spiro atoms. The zero-order chi connectivity index (χ0) is 13.8. The van der Waals surface area contributed by atoms with Crippen molar-refractivity contribution in [2.75, 3.05) is 0 Å². The van der Waals surface area contributed by atoms with E-state index in [2.05, 4.69) is 25.8 Å². The van der Waals surface area contributed by atoms with E-state index in [1.54, 1.807) is 18.5 Å². The standard InChI is InChI=1S/C14H21ClN2O/c1-14(2,3)8-11(16)7-12(18)6-10-4-5-17-9-13(10)15/h4-5,9,11H,6-8,16H2,1-3H3. The van der Waals surface area contributed by atoms with Gasteiger partial charge in [-0.1, -0.05) is 32.4 Å². The van der Waals surface area contributed by atoms with Crippen LogP contribution >= 0.6 is 11.6 Å². The number of ketones is 1. The van der Waals surface area contributed by atoms with Crippen molar-refractivity contribution in [1.82, 2.24) is 4.98 Å². The van der Waals surface area contributed by atoms with Gasteiger partial charge in [0.15, 0.2) is 0 Å². The summed E-state index contributed by atoms with van der Waals surface area (Å²) in [6.45, 7) is 6.37. The van der Waals surface area contributed by atoms with Crippen LogP contribution in [0.4, 0.5) is 0 Å². The predicted molar refractivity (Wildman–Crippen MR) is 74.6 cm³/mol. The van der Waals surface area contributed by atoms with E-state index in [0.717, 1.165) is 12.0 Å². The van der Waals surface area contributed by atoms with Crippen LogP contribution in [0.5, 0.6) is 0 Å². The van der Waals surface area contributed by atoms with Crippen LogP contribution in [0.2, 0.25) is 5.02 Å². The molecular formula is C14H21ClN2O. The van der Waals surface area contributed by atoms with E-state index in [1.807, 2.05) is 0 Å². The Morgan fingerprint density at radius 2 is 2.17 bits per heavy atom. The maximum absolute atomic E-state index is 11.9. The largest absolute Gasteiger partial charge is 0.327 e. The number of carbonyl (C=O) groups is 1. The number of halogens is 1. The summed E-state index contributed by atoms with van der Waals surface area (Å²) in [6, 6.07) is 1.69. The molecule has 3 nitrogen and oxygen atoms in total. The molecule has 4 heteroatoms. The third-order valence-corrected chi connectivity index (χ3v) is 2.95. The van der Waals surface area contributed by atoms with Gasteiger partial charge in [-0.3, -0.25) is 9.78 Å². The molecular weight excluding hydrogens is 248 g/mol. The first kappa shape index (κ1) is 15.1. The van der Waals surface area contributed by atoms with Crippen LogP contribution in [0, 0.1) is 5.41 Å². The van der Waals surface area contributed by atoms with Crippen molar-refractivity contribution in [1.29, 1.82) is 0 Å². The van der Waals surface area contributed by atoms with Crippen molar-refractivity contribution >= 4 is 17.4 Å². The average molecular weight is 269 g/mol. The molecule has 1 heterocycles. The van der Waals surface area contributed by atoms with Gasteiger partial charge in [-0.15, -0.1) is 0 Å². The van der Waals surface area contributed by atoms with Crippen molar-refractivity contribution in [3.63, 3.8) is 0 Å². The highest BCUT2D eigenvalue weighted by molar-refractivity contribution is 6.31. The summed E-state index contributed by atoms with van der Waals surface area (Å²) in [5.74, 6) is 0.125. The van der Waals surface area contributed by atoms with Gasteiger partial charge in [-0.25, -0.2) is 0 Å². The molecule has 1 rings (SSSR count). The molecule has 100 valence electrons. The van der Waals surface area contributed by atoms with E-state index >= 15 is 0 Å². The average Bonchev–Trinajstić information content (AvgIpc) is 2.18. The summed E-state index contributed by atoms with van der Waals surface area (Å²) < 4.78 is 0. The molecule has 0 fully saturated rings. The van der Waals surface area contributed by atoms with Gasteiger partial charge in [0.2, 0.25) is 0 Å². The highest BCUT2D eigenvalue weighted by atomic mass is 35.5. The van der Waals surface area contributed by atoms with Crippen LogP contribution in [0.15, 0.2) is 18.5 Å². The molecule has 0 aliphatic heterocycles. The molecule has 1 aromatic rings. The number of Topliss-reactive ketones (excluding diaryl/α,β-unsaturated/α-hetero) is 1. The minimum Gasteiger partial charge on any atom is -0.327 e.